The molecule has 0 atom stereocenters. The first-order valence-corrected chi connectivity index (χ1v) is 10.9. The number of benzene rings is 1. The lowest BCUT2D eigenvalue weighted by molar-refractivity contribution is -0.0434. The number of carbonyl (C=O) groups excluding carboxylic acids is 1. The molecule has 0 aromatic heterocycles. The van der Waals surface area contributed by atoms with Gasteiger partial charge in [-0.05, 0) is 53.5 Å². The summed E-state index contributed by atoms with van der Waals surface area (Å²) < 4.78 is 11.7. The lowest BCUT2D eigenvalue weighted by Crippen LogP contribution is -2.62. The number of hydrogen-bond donors (Lipinski definition) is 1. The van der Waals surface area contributed by atoms with Crippen LogP contribution in [0.2, 0.25) is 0 Å². The van der Waals surface area contributed by atoms with Crippen LogP contribution in [0.25, 0.3) is 0 Å². The zero-order valence-electron chi connectivity index (χ0n) is 19.1. The molecule has 0 aliphatic carbocycles. The Bertz CT molecular complexity index is 814. The molecule has 7 heteroatoms. The average Bonchev–Trinajstić information content (AvgIpc) is 2.91. The molecular weight excluding hydrogens is 382 g/mol. The van der Waals surface area contributed by atoms with Crippen molar-refractivity contribution in [1.82, 2.24) is 4.90 Å². The number of rotatable bonds is 3. The van der Waals surface area contributed by atoms with Gasteiger partial charge in [-0.25, -0.2) is 4.79 Å². The van der Waals surface area contributed by atoms with Crippen LogP contribution in [0, 0.1) is 5.41 Å². The third-order valence-corrected chi connectivity index (χ3v) is 6.26. The van der Waals surface area contributed by atoms with Crippen LogP contribution < -0.4 is 15.1 Å². The normalized spacial score (nSPS) is 21.7. The fraction of sp³-hybridized carbons (Fsp3) is 0.696. The Kier molecular flexibility index (Phi) is 5.08. The van der Waals surface area contributed by atoms with E-state index in [-0.39, 0.29) is 17.1 Å². The molecule has 1 aromatic rings. The SMILES string of the molecule is CONc1cc2c(cc1N1CCC3(CC1)CN(C(=O)OC(C)(C)C)C3)OC(C)(C)C2. The van der Waals surface area contributed by atoms with Gasteiger partial charge in [-0.3, -0.25) is 10.3 Å². The molecule has 1 N–H and O–H groups in total. The Balaban J connectivity index is 1.41. The van der Waals surface area contributed by atoms with Gasteiger partial charge < -0.3 is 19.3 Å². The maximum Gasteiger partial charge on any atom is 0.410 e. The summed E-state index contributed by atoms with van der Waals surface area (Å²) in [6.45, 7) is 13.4. The maximum absolute atomic E-state index is 12.3. The van der Waals surface area contributed by atoms with E-state index in [9.17, 15) is 4.79 Å². The van der Waals surface area contributed by atoms with Crippen molar-refractivity contribution in [2.45, 2.75) is 65.1 Å². The predicted molar refractivity (Wildman–Crippen MR) is 117 cm³/mol. The fourth-order valence-corrected chi connectivity index (χ4v) is 4.85. The van der Waals surface area contributed by atoms with Crippen LogP contribution in [0.15, 0.2) is 12.1 Å². The number of ether oxygens (including phenoxy) is 2. The molecule has 0 unspecified atom stereocenters. The summed E-state index contributed by atoms with van der Waals surface area (Å²) in [6, 6.07) is 4.30. The van der Waals surface area contributed by atoms with Gasteiger partial charge in [-0.1, -0.05) is 0 Å². The van der Waals surface area contributed by atoms with E-state index in [4.69, 9.17) is 14.3 Å². The van der Waals surface area contributed by atoms with E-state index in [0.29, 0.717) is 0 Å². The standard InChI is InChI=1S/C23H35N3O4/c1-21(2,3)30-20(27)26-14-23(15-26)7-9-25(10-8-23)18-12-19-16(11-17(18)24-28-6)13-22(4,5)29-19/h11-12,24H,7-10,13-15H2,1-6H3. The Hall–Kier alpha value is -2.15. The Morgan fingerprint density at radius 1 is 1.17 bits per heavy atom. The summed E-state index contributed by atoms with van der Waals surface area (Å²) in [5.41, 5.74) is 5.97. The minimum absolute atomic E-state index is 0.172. The van der Waals surface area contributed by atoms with Crippen molar-refractivity contribution in [3.05, 3.63) is 17.7 Å². The number of hydrogen-bond acceptors (Lipinski definition) is 6. The molecule has 0 bridgehead atoms. The summed E-state index contributed by atoms with van der Waals surface area (Å²) in [5.74, 6) is 0.969. The Morgan fingerprint density at radius 2 is 1.83 bits per heavy atom. The molecule has 0 radical (unpaired) electrons. The van der Waals surface area contributed by atoms with Gasteiger partial charge in [0.15, 0.2) is 0 Å². The molecule has 3 aliphatic rings. The van der Waals surface area contributed by atoms with Gasteiger partial charge in [-0.2, -0.15) is 0 Å². The third kappa shape index (κ3) is 4.17. The second-order valence-corrected chi connectivity index (χ2v) is 10.6. The lowest BCUT2D eigenvalue weighted by atomic mass is 9.72. The first-order valence-electron chi connectivity index (χ1n) is 10.9. The van der Waals surface area contributed by atoms with E-state index in [0.717, 1.165) is 62.6 Å². The highest BCUT2D eigenvalue weighted by atomic mass is 16.6. The number of anilines is 2. The van der Waals surface area contributed by atoms with Crippen LogP contribution in [-0.2, 0) is 16.0 Å². The summed E-state index contributed by atoms with van der Waals surface area (Å²) >= 11 is 0. The fourth-order valence-electron chi connectivity index (χ4n) is 4.85. The molecule has 4 rings (SSSR count). The van der Waals surface area contributed by atoms with Crippen LogP contribution in [0.1, 0.15) is 53.0 Å². The average molecular weight is 418 g/mol. The summed E-state index contributed by atoms with van der Waals surface area (Å²) in [4.78, 5) is 21.8. The zero-order valence-corrected chi connectivity index (χ0v) is 19.1. The van der Waals surface area contributed by atoms with Crippen molar-refractivity contribution in [3.8, 4) is 5.75 Å². The van der Waals surface area contributed by atoms with Gasteiger partial charge in [0.05, 0.1) is 18.5 Å². The number of carbonyl (C=O) groups is 1. The van der Waals surface area contributed by atoms with Crippen LogP contribution in [-0.4, -0.2) is 55.5 Å². The number of amides is 1. The Morgan fingerprint density at radius 3 is 2.43 bits per heavy atom. The Labute approximate surface area is 179 Å². The van der Waals surface area contributed by atoms with E-state index < -0.39 is 5.60 Å². The largest absolute Gasteiger partial charge is 0.487 e. The first kappa shape index (κ1) is 21.1. The molecule has 30 heavy (non-hydrogen) atoms. The highest BCUT2D eigenvalue weighted by molar-refractivity contribution is 5.74. The number of nitrogens with one attached hydrogen (secondary N) is 1. The van der Waals surface area contributed by atoms with Crippen molar-refractivity contribution in [3.63, 3.8) is 0 Å². The van der Waals surface area contributed by atoms with E-state index in [2.05, 4.69) is 36.4 Å². The number of likely N-dealkylation sites (tertiary alicyclic amines) is 1. The highest BCUT2D eigenvalue weighted by Gasteiger charge is 2.48. The second kappa shape index (κ2) is 7.22. The molecule has 3 heterocycles. The molecule has 1 aromatic carbocycles. The molecular formula is C23H35N3O4. The quantitative estimate of drug-likeness (QED) is 0.744. The van der Waals surface area contributed by atoms with Gasteiger partial charge in [0.2, 0.25) is 0 Å². The topological polar surface area (TPSA) is 63.3 Å². The summed E-state index contributed by atoms with van der Waals surface area (Å²) in [7, 11) is 1.64. The van der Waals surface area contributed by atoms with Crippen LogP contribution >= 0.6 is 0 Å². The van der Waals surface area contributed by atoms with E-state index in [1.807, 2.05) is 25.7 Å². The molecule has 166 valence electrons. The van der Waals surface area contributed by atoms with Crippen LogP contribution in [0.3, 0.4) is 0 Å². The third-order valence-electron chi connectivity index (χ3n) is 6.26. The predicted octanol–water partition coefficient (Wildman–Crippen LogP) is 4.21. The van der Waals surface area contributed by atoms with Gasteiger partial charge in [-0.15, -0.1) is 0 Å². The summed E-state index contributed by atoms with van der Waals surface area (Å²) in [5, 5.41) is 0. The minimum atomic E-state index is -0.446. The number of fused-ring (bicyclic) bond motifs is 1. The maximum atomic E-state index is 12.3. The van der Waals surface area contributed by atoms with Gasteiger partial charge >= 0.3 is 6.09 Å². The molecule has 7 nitrogen and oxygen atoms in total. The number of nitrogens with zero attached hydrogens (tertiary/aromatic N) is 2. The van der Waals surface area contributed by atoms with Crippen molar-refractivity contribution < 1.29 is 19.1 Å². The molecule has 0 saturated carbocycles. The van der Waals surface area contributed by atoms with E-state index >= 15 is 0 Å². The van der Waals surface area contributed by atoms with E-state index in [1.54, 1.807) is 7.11 Å². The minimum Gasteiger partial charge on any atom is -0.487 e. The van der Waals surface area contributed by atoms with Gasteiger partial charge in [0, 0.05) is 49.6 Å². The van der Waals surface area contributed by atoms with Crippen molar-refractivity contribution in [2.24, 2.45) is 5.41 Å². The van der Waals surface area contributed by atoms with Gasteiger partial charge in [0.1, 0.15) is 17.0 Å². The van der Waals surface area contributed by atoms with Crippen LogP contribution in [0.5, 0.6) is 5.75 Å². The van der Waals surface area contributed by atoms with Crippen molar-refractivity contribution in [2.75, 3.05) is 43.7 Å². The summed E-state index contributed by atoms with van der Waals surface area (Å²) in [6.07, 6.45) is 2.81. The first-order chi connectivity index (χ1) is 14.0. The highest BCUT2D eigenvalue weighted by Crippen LogP contribution is 2.45. The molecule has 2 saturated heterocycles. The monoisotopic (exact) mass is 417 g/mol. The molecule has 1 amide bonds. The smallest absolute Gasteiger partial charge is 0.410 e. The lowest BCUT2D eigenvalue weighted by Gasteiger charge is -2.54. The molecule has 3 aliphatic heterocycles. The molecule has 2 fully saturated rings. The van der Waals surface area contributed by atoms with Crippen LogP contribution in [0.4, 0.5) is 16.2 Å². The van der Waals surface area contributed by atoms with Crippen molar-refractivity contribution >= 4 is 17.5 Å². The van der Waals surface area contributed by atoms with E-state index in [1.165, 1.54) is 5.56 Å². The number of piperidine rings is 1. The van der Waals surface area contributed by atoms with Crippen molar-refractivity contribution in [1.29, 1.82) is 0 Å². The van der Waals surface area contributed by atoms with Gasteiger partial charge in [0.25, 0.3) is 0 Å². The molecule has 1 spiro atoms. The second-order valence-electron chi connectivity index (χ2n) is 10.6. The zero-order chi connectivity index (χ0) is 21.7.